The zero-order valence-corrected chi connectivity index (χ0v) is 14.8. The normalized spacial score (nSPS) is 17.6. The zero-order chi connectivity index (χ0) is 17.9. The van der Waals surface area contributed by atoms with Gasteiger partial charge in [0.05, 0.1) is 10.6 Å². The van der Waals surface area contributed by atoms with Crippen molar-refractivity contribution in [3.05, 3.63) is 65.7 Å². The lowest BCUT2D eigenvalue weighted by Gasteiger charge is -2.16. The van der Waals surface area contributed by atoms with E-state index in [0.29, 0.717) is 31.1 Å². The van der Waals surface area contributed by atoms with E-state index in [2.05, 4.69) is 0 Å². The van der Waals surface area contributed by atoms with Gasteiger partial charge < -0.3 is 10.6 Å². The first kappa shape index (κ1) is 17.6. The Labute approximate surface area is 148 Å². The van der Waals surface area contributed by atoms with Crippen LogP contribution in [0.2, 0.25) is 0 Å². The Morgan fingerprint density at radius 2 is 1.76 bits per heavy atom. The van der Waals surface area contributed by atoms with Gasteiger partial charge in [0.25, 0.3) is 5.91 Å². The topological polar surface area (TPSA) is 80.5 Å². The van der Waals surface area contributed by atoms with Crippen molar-refractivity contribution in [3.8, 4) is 0 Å². The summed E-state index contributed by atoms with van der Waals surface area (Å²) in [6.07, 6.45) is 0.922. The van der Waals surface area contributed by atoms with Crippen molar-refractivity contribution < 1.29 is 13.2 Å². The van der Waals surface area contributed by atoms with Crippen LogP contribution in [-0.2, 0) is 15.6 Å². The molecule has 1 aliphatic rings. The molecule has 0 aromatic heterocycles. The standard InChI is InChI=1S/C19H22N2O3S/c20-12-16-10-11-21(13-16)19(22)17-6-8-18(9-7-17)25(23,24)14-15-4-2-1-3-5-15/h1-9,16H,10-14,20H2. The van der Waals surface area contributed by atoms with Crippen molar-refractivity contribution >= 4 is 15.7 Å². The van der Waals surface area contributed by atoms with Crippen molar-refractivity contribution in [1.29, 1.82) is 0 Å². The fourth-order valence-corrected chi connectivity index (χ4v) is 4.42. The summed E-state index contributed by atoms with van der Waals surface area (Å²) in [5.41, 5.74) is 6.91. The summed E-state index contributed by atoms with van der Waals surface area (Å²) < 4.78 is 25.0. The Kier molecular flexibility index (Phi) is 5.20. The predicted octanol–water partition coefficient (Wildman–Crippen LogP) is 2.08. The lowest BCUT2D eigenvalue weighted by molar-refractivity contribution is 0.0787. The largest absolute Gasteiger partial charge is 0.338 e. The van der Waals surface area contributed by atoms with E-state index in [1.165, 1.54) is 12.1 Å². The summed E-state index contributed by atoms with van der Waals surface area (Å²) in [5.74, 6) is 0.239. The highest BCUT2D eigenvalue weighted by Crippen LogP contribution is 2.20. The minimum Gasteiger partial charge on any atom is -0.338 e. The molecule has 0 spiro atoms. The van der Waals surface area contributed by atoms with Crippen molar-refractivity contribution in [2.75, 3.05) is 19.6 Å². The molecule has 1 saturated heterocycles. The minimum absolute atomic E-state index is 0.0502. The van der Waals surface area contributed by atoms with Gasteiger partial charge in [-0.25, -0.2) is 8.42 Å². The summed E-state index contributed by atoms with van der Waals surface area (Å²) in [6, 6.07) is 15.3. The SMILES string of the molecule is NCC1CCN(C(=O)c2ccc(S(=O)(=O)Cc3ccccc3)cc2)C1. The van der Waals surface area contributed by atoms with Gasteiger partial charge in [0.15, 0.2) is 9.84 Å². The van der Waals surface area contributed by atoms with E-state index in [4.69, 9.17) is 5.73 Å². The molecule has 0 aliphatic carbocycles. The van der Waals surface area contributed by atoms with Crippen molar-refractivity contribution in [1.82, 2.24) is 4.90 Å². The van der Waals surface area contributed by atoms with Crippen LogP contribution in [0.1, 0.15) is 22.3 Å². The summed E-state index contributed by atoms with van der Waals surface area (Å²) in [5, 5.41) is 0. The molecule has 0 bridgehead atoms. The molecule has 0 saturated carbocycles. The molecule has 1 amide bonds. The second-order valence-corrected chi connectivity index (χ2v) is 8.40. The molecule has 0 radical (unpaired) electrons. The third-order valence-corrected chi connectivity index (χ3v) is 6.27. The van der Waals surface area contributed by atoms with Crippen LogP contribution in [0, 0.1) is 5.92 Å². The van der Waals surface area contributed by atoms with Crippen molar-refractivity contribution in [2.45, 2.75) is 17.1 Å². The van der Waals surface area contributed by atoms with Gasteiger partial charge in [0.2, 0.25) is 0 Å². The first-order chi connectivity index (χ1) is 12.0. The van der Waals surface area contributed by atoms with Gasteiger partial charge in [0.1, 0.15) is 0 Å². The third-order valence-electron chi connectivity index (χ3n) is 4.57. The monoisotopic (exact) mass is 358 g/mol. The maximum atomic E-state index is 12.5. The Bertz CT molecular complexity index is 833. The molecule has 1 atom stereocenters. The highest BCUT2D eigenvalue weighted by Gasteiger charge is 2.26. The van der Waals surface area contributed by atoms with E-state index < -0.39 is 9.84 Å². The van der Waals surface area contributed by atoms with E-state index in [1.807, 2.05) is 18.2 Å². The van der Waals surface area contributed by atoms with Crippen LogP contribution in [0.5, 0.6) is 0 Å². The number of amides is 1. The number of carbonyl (C=O) groups excluding carboxylic acids is 1. The zero-order valence-electron chi connectivity index (χ0n) is 14.0. The first-order valence-corrected chi connectivity index (χ1v) is 10.0. The van der Waals surface area contributed by atoms with Crippen LogP contribution < -0.4 is 5.73 Å². The number of hydrogen-bond donors (Lipinski definition) is 1. The van der Waals surface area contributed by atoms with Crippen molar-refractivity contribution in [3.63, 3.8) is 0 Å². The summed E-state index contributed by atoms with van der Waals surface area (Å²) in [6.45, 7) is 1.96. The van der Waals surface area contributed by atoms with Gasteiger partial charge in [-0.2, -0.15) is 0 Å². The minimum atomic E-state index is -3.43. The van der Waals surface area contributed by atoms with Crippen LogP contribution in [-0.4, -0.2) is 38.9 Å². The van der Waals surface area contributed by atoms with Crippen LogP contribution in [0.25, 0.3) is 0 Å². The van der Waals surface area contributed by atoms with Gasteiger partial charge in [-0.1, -0.05) is 30.3 Å². The Hall–Kier alpha value is -2.18. The molecular formula is C19H22N2O3S. The number of hydrogen-bond acceptors (Lipinski definition) is 4. The van der Waals surface area contributed by atoms with E-state index in [9.17, 15) is 13.2 Å². The molecule has 6 heteroatoms. The molecule has 5 nitrogen and oxygen atoms in total. The van der Waals surface area contributed by atoms with Gasteiger partial charge in [-0.05, 0) is 48.7 Å². The summed E-state index contributed by atoms with van der Waals surface area (Å²) in [7, 11) is -3.43. The van der Waals surface area contributed by atoms with E-state index >= 15 is 0 Å². The molecule has 2 aromatic rings. The van der Waals surface area contributed by atoms with Crippen LogP contribution in [0.15, 0.2) is 59.5 Å². The first-order valence-electron chi connectivity index (χ1n) is 8.35. The Morgan fingerprint density at radius 1 is 1.08 bits per heavy atom. The Morgan fingerprint density at radius 3 is 2.36 bits per heavy atom. The molecule has 2 aromatic carbocycles. The van der Waals surface area contributed by atoms with Gasteiger partial charge in [-0.15, -0.1) is 0 Å². The number of carbonyl (C=O) groups is 1. The molecule has 2 N–H and O–H groups in total. The fraction of sp³-hybridized carbons (Fsp3) is 0.316. The molecule has 1 unspecified atom stereocenters. The smallest absolute Gasteiger partial charge is 0.253 e. The lowest BCUT2D eigenvalue weighted by Crippen LogP contribution is -2.29. The second kappa shape index (κ2) is 7.37. The number of likely N-dealkylation sites (tertiary alicyclic amines) is 1. The van der Waals surface area contributed by atoms with E-state index in [-0.39, 0.29) is 16.6 Å². The van der Waals surface area contributed by atoms with Crippen LogP contribution in [0.4, 0.5) is 0 Å². The number of nitrogens with two attached hydrogens (primary N) is 1. The van der Waals surface area contributed by atoms with Crippen LogP contribution >= 0.6 is 0 Å². The summed E-state index contributed by atoms with van der Waals surface area (Å²) >= 11 is 0. The number of nitrogens with zero attached hydrogens (tertiary/aromatic N) is 1. The van der Waals surface area contributed by atoms with E-state index in [1.54, 1.807) is 29.2 Å². The molecule has 3 rings (SSSR count). The maximum absolute atomic E-state index is 12.5. The van der Waals surface area contributed by atoms with Gasteiger partial charge in [-0.3, -0.25) is 4.79 Å². The molecule has 25 heavy (non-hydrogen) atoms. The van der Waals surface area contributed by atoms with Crippen molar-refractivity contribution in [2.24, 2.45) is 11.7 Å². The lowest BCUT2D eigenvalue weighted by atomic mass is 10.1. The number of sulfone groups is 1. The number of benzene rings is 2. The summed E-state index contributed by atoms with van der Waals surface area (Å²) in [4.78, 5) is 14.5. The Balaban J connectivity index is 1.72. The molecule has 1 aliphatic heterocycles. The average Bonchev–Trinajstić information content (AvgIpc) is 3.11. The van der Waals surface area contributed by atoms with Gasteiger partial charge in [0, 0.05) is 18.7 Å². The van der Waals surface area contributed by atoms with Crippen LogP contribution in [0.3, 0.4) is 0 Å². The molecular weight excluding hydrogens is 336 g/mol. The quantitative estimate of drug-likeness (QED) is 0.887. The maximum Gasteiger partial charge on any atom is 0.253 e. The number of rotatable bonds is 5. The predicted molar refractivity (Wildman–Crippen MR) is 96.8 cm³/mol. The van der Waals surface area contributed by atoms with E-state index in [0.717, 1.165) is 12.0 Å². The third kappa shape index (κ3) is 4.08. The van der Waals surface area contributed by atoms with Gasteiger partial charge >= 0.3 is 0 Å². The fourth-order valence-electron chi connectivity index (χ4n) is 3.07. The molecule has 1 fully saturated rings. The average molecular weight is 358 g/mol. The second-order valence-electron chi connectivity index (χ2n) is 6.41. The highest BCUT2D eigenvalue weighted by atomic mass is 32.2. The molecule has 132 valence electrons. The highest BCUT2D eigenvalue weighted by molar-refractivity contribution is 7.90. The molecule has 1 heterocycles.